The highest BCUT2D eigenvalue weighted by atomic mass is 16.4. The largest absolute Gasteiger partial charge is 0.508 e. The average molecular weight is 488 g/mol. The van der Waals surface area contributed by atoms with Gasteiger partial charge in [0.05, 0.1) is 23.6 Å². The van der Waals surface area contributed by atoms with Crippen LogP contribution in [0.15, 0.2) is 34.8 Å². The summed E-state index contributed by atoms with van der Waals surface area (Å²) in [5, 5.41) is 65.0. The van der Waals surface area contributed by atoms with Crippen LogP contribution in [0.25, 0.3) is 0 Å². The van der Waals surface area contributed by atoms with Gasteiger partial charge in [-0.2, -0.15) is 0 Å². The van der Waals surface area contributed by atoms with Crippen molar-refractivity contribution in [2.45, 2.75) is 30.6 Å². The van der Waals surface area contributed by atoms with Crippen molar-refractivity contribution in [2.75, 3.05) is 14.1 Å². The molecule has 6 atom stereocenters. The Morgan fingerprint density at radius 3 is 2.20 bits per heavy atom. The zero-order valence-electron chi connectivity index (χ0n) is 18.9. The van der Waals surface area contributed by atoms with Gasteiger partial charge in [-0.15, -0.1) is 0 Å². The maximum atomic E-state index is 13.5. The highest BCUT2D eigenvalue weighted by molar-refractivity contribution is 6.22. The molecule has 12 nitrogen and oxygen atoms in total. The lowest BCUT2D eigenvalue weighted by molar-refractivity contribution is -0.151. The highest BCUT2D eigenvalue weighted by Crippen LogP contribution is 2.56. The van der Waals surface area contributed by atoms with Crippen LogP contribution in [-0.4, -0.2) is 90.8 Å². The minimum Gasteiger partial charge on any atom is -0.508 e. The number of carboxylic acid groups (broad SMARTS) is 1. The van der Waals surface area contributed by atoms with E-state index in [-0.39, 0.29) is 5.56 Å². The number of phenols is 1. The number of carbonyl (C=O) groups excluding carboxylic acids is 3. The minimum atomic E-state index is -2.95. The van der Waals surface area contributed by atoms with Crippen LogP contribution in [0.2, 0.25) is 0 Å². The van der Waals surface area contributed by atoms with Gasteiger partial charge in [-0.3, -0.25) is 19.3 Å². The summed E-state index contributed by atoms with van der Waals surface area (Å²) in [5.41, 5.74) is -0.114. The van der Waals surface area contributed by atoms with E-state index in [0.717, 1.165) is 6.07 Å². The zero-order chi connectivity index (χ0) is 26.3. The number of rotatable bonds is 3. The predicted octanol–water partition coefficient (Wildman–Crippen LogP) is -0.649. The van der Waals surface area contributed by atoms with Gasteiger partial charge in [-0.25, -0.2) is 4.79 Å². The molecule has 1 amide bonds. The van der Waals surface area contributed by atoms with E-state index >= 15 is 0 Å². The Morgan fingerprint density at radius 1 is 1.09 bits per heavy atom. The van der Waals surface area contributed by atoms with Gasteiger partial charge in [-0.1, -0.05) is 13.0 Å². The third-order valence-electron chi connectivity index (χ3n) is 7.37. The molecule has 1 aromatic carbocycles. The van der Waals surface area contributed by atoms with E-state index in [1.165, 1.54) is 25.1 Å². The van der Waals surface area contributed by atoms with Crippen molar-refractivity contribution < 1.29 is 49.8 Å². The van der Waals surface area contributed by atoms with Gasteiger partial charge in [0.1, 0.15) is 28.4 Å². The molecule has 0 heterocycles. The van der Waals surface area contributed by atoms with E-state index in [0.29, 0.717) is 0 Å². The SMILES string of the molecule is C[C@H]1c2ccc(C(=O)O)c(O)c2C(=O)C2=C(O)[C@]3(O)C(O)=C(C(N)=O)C(=O)[C@@H](N(C)C)[C@@H]3[C@@H](O)[C@@H]21. The van der Waals surface area contributed by atoms with Crippen molar-refractivity contribution in [3.63, 3.8) is 0 Å². The Hall–Kier alpha value is -3.74. The maximum Gasteiger partial charge on any atom is 0.339 e. The van der Waals surface area contributed by atoms with E-state index in [1.54, 1.807) is 6.92 Å². The predicted molar refractivity (Wildman–Crippen MR) is 117 cm³/mol. The Labute approximate surface area is 198 Å². The fourth-order valence-corrected chi connectivity index (χ4v) is 5.79. The summed E-state index contributed by atoms with van der Waals surface area (Å²) in [6.45, 7) is 1.55. The lowest BCUT2D eigenvalue weighted by atomic mass is 9.55. The maximum absolute atomic E-state index is 13.5. The van der Waals surface area contributed by atoms with Crippen LogP contribution in [0.3, 0.4) is 0 Å². The number of aliphatic hydroxyl groups is 4. The molecule has 0 saturated carbocycles. The summed E-state index contributed by atoms with van der Waals surface area (Å²) in [5.74, 6) is -11.9. The number of benzene rings is 1. The number of hydrogen-bond acceptors (Lipinski definition) is 10. The van der Waals surface area contributed by atoms with Gasteiger partial charge >= 0.3 is 5.97 Å². The van der Waals surface area contributed by atoms with E-state index in [2.05, 4.69) is 0 Å². The number of likely N-dealkylation sites (N-methyl/N-ethyl adjacent to an activating group) is 1. The van der Waals surface area contributed by atoms with Crippen LogP contribution in [0.5, 0.6) is 5.75 Å². The Morgan fingerprint density at radius 2 is 1.69 bits per heavy atom. The number of primary amides is 1. The molecule has 35 heavy (non-hydrogen) atoms. The average Bonchev–Trinajstić information content (AvgIpc) is 2.75. The normalized spacial score (nSPS) is 32.3. The van der Waals surface area contributed by atoms with Gasteiger partial charge in [0, 0.05) is 11.5 Å². The monoisotopic (exact) mass is 488 g/mol. The third-order valence-corrected chi connectivity index (χ3v) is 7.37. The topological polar surface area (TPSA) is 219 Å². The fraction of sp³-hybridized carbons (Fsp3) is 0.391. The van der Waals surface area contributed by atoms with Crippen molar-refractivity contribution in [3.8, 4) is 5.75 Å². The number of Topliss-reactive ketones (excluding diaryl/α,β-unsaturated/α-hetero) is 2. The molecule has 0 unspecified atom stereocenters. The second-order valence-electron chi connectivity index (χ2n) is 9.28. The van der Waals surface area contributed by atoms with Crippen molar-refractivity contribution in [1.82, 2.24) is 4.90 Å². The Balaban J connectivity index is 2.08. The number of fused-ring (bicyclic) bond motifs is 3. The number of carbonyl (C=O) groups is 4. The molecule has 0 radical (unpaired) electrons. The number of amides is 1. The zero-order valence-corrected chi connectivity index (χ0v) is 18.9. The van der Waals surface area contributed by atoms with Gasteiger partial charge in [0.25, 0.3) is 5.91 Å². The number of aromatic hydroxyl groups is 1. The standard InChI is InChI=1S/C23H24N2O10/c1-6-7-4-5-8(22(33)34)15(26)10(7)16(27)11-9(6)17(28)13-14(25(2)3)18(29)12(21(24)32)20(31)23(13,35)19(11)30/h4-6,9,13-14,17,26,28,30-31,35H,1-3H3,(H2,24,32)(H,33,34)/t6-,9+,13+,14-,17-,23-/m0/s1. The van der Waals surface area contributed by atoms with Crippen LogP contribution in [0, 0.1) is 11.8 Å². The molecule has 0 spiro atoms. The molecule has 0 saturated heterocycles. The summed E-state index contributed by atoms with van der Waals surface area (Å²) >= 11 is 0. The van der Waals surface area contributed by atoms with Gasteiger partial charge in [0.2, 0.25) is 0 Å². The van der Waals surface area contributed by atoms with E-state index in [1.807, 2.05) is 0 Å². The molecule has 8 N–H and O–H groups in total. The lowest BCUT2D eigenvalue weighted by Gasteiger charge is -2.53. The molecule has 3 aliphatic rings. The first-order valence-corrected chi connectivity index (χ1v) is 10.6. The highest BCUT2D eigenvalue weighted by Gasteiger charge is 2.66. The summed E-state index contributed by atoms with van der Waals surface area (Å²) in [7, 11) is 2.84. The molecule has 4 rings (SSSR count). The Kier molecular flexibility index (Phi) is 5.32. The lowest BCUT2D eigenvalue weighted by Crippen LogP contribution is -2.67. The second-order valence-corrected chi connectivity index (χ2v) is 9.28. The number of aliphatic hydroxyl groups excluding tert-OH is 3. The first kappa shape index (κ1) is 24.4. The van der Waals surface area contributed by atoms with E-state index in [4.69, 9.17) is 5.73 Å². The molecule has 1 aromatic rings. The Bertz CT molecular complexity index is 1280. The van der Waals surface area contributed by atoms with Gasteiger partial charge in [-0.05, 0) is 31.6 Å². The first-order valence-electron chi connectivity index (χ1n) is 10.6. The van der Waals surface area contributed by atoms with Crippen LogP contribution in [0.4, 0.5) is 0 Å². The van der Waals surface area contributed by atoms with Crippen molar-refractivity contribution in [2.24, 2.45) is 17.6 Å². The molecule has 0 bridgehead atoms. The van der Waals surface area contributed by atoms with Crippen molar-refractivity contribution >= 4 is 23.4 Å². The molecule has 0 aliphatic heterocycles. The van der Waals surface area contributed by atoms with Gasteiger partial charge in [0.15, 0.2) is 17.2 Å². The quantitative estimate of drug-likeness (QED) is 0.265. The molecular weight excluding hydrogens is 464 g/mol. The second kappa shape index (κ2) is 7.63. The number of hydrogen-bond donors (Lipinski definition) is 7. The molecule has 12 heteroatoms. The smallest absolute Gasteiger partial charge is 0.339 e. The number of carboxylic acids is 1. The number of nitrogens with two attached hydrogens (primary N) is 1. The summed E-state index contributed by atoms with van der Waals surface area (Å²) in [6, 6.07) is 0.977. The van der Waals surface area contributed by atoms with Crippen molar-refractivity contribution in [3.05, 3.63) is 51.5 Å². The van der Waals surface area contributed by atoms with E-state index in [9.17, 15) is 49.8 Å². The fourth-order valence-electron chi connectivity index (χ4n) is 5.79. The van der Waals surface area contributed by atoms with Crippen LogP contribution in [-0.2, 0) is 9.59 Å². The minimum absolute atomic E-state index is 0.185. The molecule has 3 aliphatic carbocycles. The summed E-state index contributed by atoms with van der Waals surface area (Å²) in [6.07, 6.45) is -1.72. The first-order chi connectivity index (χ1) is 16.2. The number of ketones is 2. The number of aromatic carboxylic acids is 1. The summed E-state index contributed by atoms with van der Waals surface area (Å²) in [4.78, 5) is 51.3. The van der Waals surface area contributed by atoms with E-state index < -0.39 is 98.5 Å². The van der Waals surface area contributed by atoms with Crippen LogP contribution in [0.1, 0.15) is 39.1 Å². The van der Waals surface area contributed by atoms with Crippen molar-refractivity contribution in [1.29, 1.82) is 0 Å². The molecular formula is C23H24N2O10. The summed E-state index contributed by atoms with van der Waals surface area (Å²) < 4.78 is 0. The molecule has 186 valence electrons. The molecule has 0 aromatic heterocycles. The van der Waals surface area contributed by atoms with Gasteiger partial charge < -0.3 is 36.4 Å². The van der Waals surface area contributed by atoms with Crippen LogP contribution >= 0.6 is 0 Å². The third kappa shape index (κ3) is 2.90. The van der Waals surface area contributed by atoms with Crippen LogP contribution < -0.4 is 5.73 Å². The number of nitrogens with zero attached hydrogens (tertiary/aromatic N) is 1. The molecule has 0 fully saturated rings.